The zero-order chi connectivity index (χ0) is 22.8. The molecule has 0 aliphatic carbocycles. The first-order chi connectivity index (χ1) is 15.3. The summed E-state index contributed by atoms with van der Waals surface area (Å²) >= 11 is 1.31. The Balaban J connectivity index is 1.43. The van der Waals surface area contributed by atoms with Crippen molar-refractivity contribution >= 4 is 34.0 Å². The quantitative estimate of drug-likeness (QED) is 0.567. The number of nitrogens with one attached hydrogen (secondary N) is 1. The van der Waals surface area contributed by atoms with Crippen LogP contribution in [0.25, 0.3) is 0 Å². The Morgan fingerprint density at radius 2 is 1.91 bits per heavy atom. The lowest BCUT2D eigenvalue weighted by atomic mass is 10.0. The van der Waals surface area contributed by atoms with E-state index in [9.17, 15) is 9.59 Å². The first-order valence-electron chi connectivity index (χ1n) is 10.6. The molecule has 8 heteroatoms. The number of benzene rings is 2. The first-order valence-corrected chi connectivity index (χ1v) is 11.4. The van der Waals surface area contributed by atoms with E-state index in [0.717, 1.165) is 27.6 Å². The molecule has 1 fully saturated rings. The second-order valence-electron chi connectivity index (χ2n) is 8.31. The van der Waals surface area contributed by atoms with Crippen molar-refractivity contribution in [2.75, 3.05) is 16.8 Å². The molecule has 2 amide bonds. The fourth-order valence-electron chi connectivity index (χ4n) is 3.72. The number of nitrogens with zero attached hydrogens (tertiary/aromatic N) is 3. The molecule has 2 heterocycles. The number of amides is 2. The van der Waals surface area contributed by atoms with E-state index < -0.39 is 5.92 Å². The molecule has 4 rings (SSSR count). The monoisotopic (exact) mass is 450 g/mol. The van der Waals surface area contributed by atoms with Gasteiger partial charge >= 0.3 is 0 Å². The van der Waals surface area contributed by atoms with Crippen LogP contribution in [0, 0.1) is 19.8 Å². The van der Waals surface area contributed by atoms with Gasteiger partial charge in [0.25, 0.3) is 0 Å². The summed E-state index contributed by atoms with van der Waals surface area (Å²) in [7, 11) is 0. The lowest BCUT2D eigenvalue weighted by Gasteiger charge is -2.18. The van der Waals surface area contributed by atoms with E-state index in [-0.39, 0.29) is 18.2 Å². The van der Waals surface area contributed by atoms with Gasteiger partial charge in [0, 0.05) is 18.7 Å². The summed E-state index contributed by atoms with van der Waals surface area (Å²) in [5.74, 6) is 1.18. The lowest BCUT2D eigenvalue weighted by molar-refractivity contribution is -0.122. The highest BCUT2D eigenvalue weighted by molar-refractivity contribution is 7.15. The lowest BCUT2D eigenvalue weighted by Crippen LogP contribution is -2.28. The van der Waals surface area contributed by atoms with Crippen molar-refractivity contribution in [1.29, 1.82) is 0 Å². The normalized spacial score (nSPS) is 16.0. The molecule has 1 aromatic heterocycles. The highest BCUT2D eigenvalue weighted by Gasteiger charge is 2.35. The van der Waals surface area contributed by atoms with Crippen LogP contribution in [0.1, 0.15) is 42.3 Å². The molecule has 3 aromatic rings. The second-order valence-corrected chi connectivity index (χ2v) is 9.49. The average Bonchev–Trinajstić information content (AvgIpc) is 3.34. The van der Waals surface area contributed by atoms with Crippen molar-refractivity contribution in [3.63, 3.8) is 0 Å². The van der Waals surface area contributed by atoms with E-state index in [0.29, 0.717) is 23.3 Å². The summed E-state index contributed by atoms with van der Waals surface area (Å²) in [5, 5.41) is 11.8. The number of carbonyl (C=O) groups is 2. The first kappa shape index (κ1) is 22.0. The van der Waals surface area contributed by atoms with Crippen molar-refractivity contribution in [2.24, 2.45) is 5.92 Å². The Morgan fingerprint density at radius 1 is 1.16 bits per heavy atom. The Hall–Kier alpha value is -3.26. The highest BCUT2D eigenvalue weighted by Crippen LogP contribution is 2.33. The summed E-state index contributed by atoms with van der Waals surface area (Å²) < 4.78 is 6.14. The fraction of sp³-hybridized carbons (Fsp3) is 0.333. The molecule has 0 spiro atoms. The molecule has 1 atom stereocenters. The van der Waals surface area contributed by atoms with Crippen molar-refractivity contribution in [3.8, 4) is 11.5 Å². The smallest absolute Gasteiger partial charge is 0.231 e. The summed E-state index contributed by atoms with van der Waals surface area (Å²) in [4.78, 5) is 26.8. The van der Waals surface area contributed by atoms with Crippen molar-refractivity contribution in [2.45, 2.75) is 40.0 Å². The Morgan fingerprint density at radius 3 is 2.56 bits per heavy atom. The average molecular weight is 451 g/mol. The molecular weight excluding hydrogens is 424 g/mol. The molecule has 0 bridgehead atoms. The topological polar surface area (TPSA) is 84.4 Å². The van der Waals surface area contributed by atoms with Gasteiger partial charge in [0.15, 0.2) is 0 Å². The Labute approximate surface area is 191 Å². The van der Waals surface area contributed by atoms with Gasteiger partial charge in [0.05, 0.1) is 5.92 Å². The number of hydrogen-bond donors (Lipinski definition) is 1. The zero-order valence-electron chi connectivity index (χ0n) is 18.6. The third kappa shape index (κ3) is 4.80. The molecule has 0 radical (unpaired) electrons. The third-order valence-corrected chi connectivity index (χ3v) is 6.17. The van der Waals surface area contributed by atoms with Crippen molar-refractivity contribution < 1.29 is 14.3 Å². The summed E-state index contributed by atoms with van der Waals surface area (Å²) in [6.07, 6.45) is 0.170. The minimum atomic E-state index is -0.427. The van der Waals surface area contributed by atoms with E-state index in [4.69, 9.17) is 4.74 Å². The summed E-state index contributed by atoms with van der Waals surface area (Å²) in [5.41, 5.74) is 3.03. The Bertz CT molecular complexity index is 1140. The Kier molecular flexibility index (Phi) is 6.23. The predicted octanol–water partition coefficient (Wildman–Crippen LogP) is 5.06. The van der Waals surface area contributed by atoms with E-state index in [2.05, 4.69) is 41.5 Å². The summed E-state index contributed by atoms with van der Waals surface area (Å²) in [6, 6.07) is 13.6. The molecule has 1 saturated heterocycles. The number of anilines is 2. The standard InChI is InChI=1S/C24H26N4O3S/c1-14(2)20-10-5-15(3)11-21(20)31-19-8-6-18(7-9-19)28-13-17(12-22(28)29)23(30)25-24-27-26-16(4)32-24/h5-11,14,17H,12-13H2,1-4H3,(H,25,27,30)/t17-/m1/s1. The number of ether oxygens (including phenoxy) is 1. The number of carbonyl (C=O) groups excluding carboxylic acids is 2. The maximum absolute atomic E-state index is 12.6. The molecule has 1 N–H and O–H groups in total. The summed E-state index contributed by atoms with van der Waals surface area (Å²) in [6.45, 7) is 8.47. The molecular formula is C24H26N4O3S. The van der Waals surface area contributed by atoms with Crippen LogP contribution in [0.15, 0.2) is 42.5 Å². The van der Waals surface area contributed by atoms with E-state index in [1.54, 1.807) is 4.90 Å². The highest BCUT2D eigenvalue weighted by atomic mass is 32.1. The van der Waals surface area contributed by atoms with Crippen LogP contribution in [-0.2, 0) is 9.59 Å². The van der Waals surface area contributed by atoms with Gasteiger partial charge in [0.1, 0.15) is 16.5 Å². The van der Waals surface area contributed by atoms with Gasteiger partial charge in [-0.15, -0.1) is 10.2 Å². The van der Waals surface area contributed by atoms with Gasteiger partial charge in [0.2, 0.25) is 16.9 Å². The van der Waals surface area contributed by atoms with Crippen LogP contribution in [0.4, 0.5) is 10.8 Å². The van der Waals surface area contributed by atoms with E-state index in [1.807, 2.05) is 44.2 Å². The molecule has 1 aliphatic heterocycles. The van der Waals surface area contributed by atoms with Crippen LogP contribution in [0.5, 0.6) is 11.5 Å². The van der Waals surface area contributed by atoms with Gasteiger partial charge in [-0.3, -0.25) is 9.59 Å². The van der Waals surface area contributed by atoms with Gasteiger partial charge < -0.3 is 15.0 Å². The van der Waals surface area contributed by atoms with Gasteiger partial charge in [-0.25, -0.2) is 0 Å². The fourth-order valence-corrected chi connectivity index (χ4v) is 4.31. The van der Waals surface area contributed by atoms with Crippen LogP contribution >= 0.6 is 11.3 Å². The molecule has 7 nitrogen and oxygen atoms in total. The molecule has 0 saturated carbocycles. The van der Waals surface area contributed by atoms with E-state index in [1.165, 1.54) is 11.3 Å². The van der Waals surface area contributed by atoms with Crippen LogP contribution in [-0.4, -0.2) is 28.6 Å². The largest absolute Gasteiger partial charge is 0.457 e. The molecule has 2 aromatic carbocycles. The minimum Gasteiger partial charge on any atom is -0.457 e. The molecule has 166 valence electrons. The van der Waals surface area contributed by atoms with Gasteiger partial charge in [-0.1, -0.05) is 37.3 Å². The molecule has 1 aliphatic rings. The number of rotatable bonds is 6. The predicted molar refractivity (Wildman–Crippen MR) is 126 cm³/mol. The van der Waals surface area contributed by atoms with Gasteiger partial charge in [-0.2, -0.15) is 0 Å². The number of hydrogen-bond acceptors (Lipinski definition) is 6. The zero-order valence-corrected chi connectivity index (χ0v) is 19.4. The van der Waals surface area contributed by atoms with Crippen LogP contribution in [0.2, 0.25) is 0 Å². The van der Waals surface area contributed by atoms with Crippen LogP contribution in [0.3, 0.4) is 0 Å². The number of aryl methyl sites for hydroxylation is 2. The molecule has 32 heavy (non-hydrogen) atoms. The second kappa shape index (κ2) is 9.08. The van der Waals surface area contributed by atoms with Crippen molar-refractivity contribution in [3.05, 3.63) is 58.6 Å². The van der Waals surface area contributed by atoms with Gasteiger partial charge in [-0.05, 0) is 61.2 Å². The minimum absolute atomic E-state index is 0.0759. The van der Waals surface area contributed by atoms with E-state index >= 15 is 0 Å². The maximum Gasteiger partial charge on any atom is 0.231 e. The van der Waals surface area contributed by atoms with Crippen LogP contribution < -0.4 is 15.0 Å². The third-order valence-electron chi connectivity index (χ3n) is 5.42. The maximum atomic E-state index is 12.6. The number of aromatic nitrogens is 2. The van der Waals surface area contributed by atoms with Crippen molar-refractivity contribution in [1.82, 2.24) is 10.2 Å². The SMILES string of the molecule is Cc1ccc(C(C)C)c(Oc2ccc(N3C[C@H](C(=O)Nc4nnc(C)s4)CC3=O)cc2)c1. The molecule has 0 unspecified atom stereocenters.